The second-order valence-corrected chi connectivity index (χ2v) is 10.4. The molecule has 0 radical (unpaired) electrons. The number of amides is 1. The Balaban J connectivity index is 1.59. The molecule has 1 aromatic heterocycles. The number of aliphatic hydroxyl groups excluding tert-OH is 1. The Morgan fingerprint density at radius 2 is 2.08 bits per heavy atom. The van der Waals surface area contributed by atoms with Crippen LogP contribution in [0.25, 0.3) is 5.76 Å². The summed E-state index contributed by atoms with van der Waals surface area (Å²) in [5, 5.41) is 13.6. The number of Topliss-reactive ketones (excluding diaryl/α,β-unsaturated/α-hetero) is 1. The molecule has 186 valence electrons. The quantitative estimate of drug-likeness (QED) is 0.259. The van der Waals surface area contributed by atoms with Gasteiger partial charge in [0.25, 0.3) is 5.78 Å². The van der Waals surface area contributed by atoms with E-state index in [0.29, 0.717) is 41.0 Å². The number of anilines is 1. The number of aromatic nitrogens is 1. The SMILES string of the molecule is CC(C)CCOc1cccc([C@H]2/C(=C(\O)c3ccc4c(c3)C[C@H](C)O4)C(=O)C(=O)N2c2nccs2)c1. The maximum absolute atomic E-state index is 13.3. The fraction of sp³-hybridized carbons (Fsp3) is 0.321. The van der Waals surface area contributed by atoms with Crippen molar-refractivity contribution >= 4 is 33.9 Å². The van der Waals surface area contributed by atoms with E-state index in [0.717, 1.165) is 17.7 Å². The summed E-state index contributed by atoms with van der Waals surface area (Å²) in [6, 6.07) is 11.8. The number of aliphatic hydroxyl groups is 1. The summed E-state index contributed by atoms with van der Waals surface area (Å²) in [6.45, 7) is 6.80. The standard InChI is InChI=1S/C28H28N2O5S/c1-16(2)9-11-34-21-6-4-5-18(15-21)24-23(26(32)27(33)30(24)28-29-10-12-36-28)25(31)19-7-8-22-20(14-19)13-17(3)35-22/h4-8,10,12,14-17,24,31H,9,11,13H2,1-3H3/b25-23+/t17-,24-/m0/s1. The zero-order valence-electron chi connectivity index (χ0n) is 20.4. The molecule has 3 heterocycles. The molecular formula is C28H28N2O5S. The maximum Gasteiger partial charge on any atom is 0.301 e. The van der Waals surface area contributed by atoms with Crippen LogP contribution in [-0.2, 0) is 16.0 Å². The number of hydrogen-bond acceptors (Lipinski definition) is 7. The summed E-state index contributed by atoms with van der Waals surface area (Å²) < 4.78 is 11.7. The summed E-state index contributed by atoms with van der Waals surface area (Å²) >= 11 is 1.26. The number of carbonyl (C=O) groups excluding carboxylic acids is 2. The number of thiazole rings is 1. The van der Waals surface area contributed by atoms with Crippen molar-refractivity contribution in [3.63, 3.8) is 0 Å². The topological polar surface area (TPSA) is 89.0 Å². The number of rotatable bonds is 7. The van der Waals surface area contributed by atoms with Crippen molar-refractivity contribution < 1.29 is 24.2 Å². The van der Waals surface area contributed by atoms with Crippen LogP contribution < -0.4 is 14.4 Å². The Kier molecular flexibility index (Phi) is 6.53. The van der Waals surface area contributed by atoms with Gasteiger partial charge in [0.2, 0.25) is 0 Å². The Labute approximate surface area is 214 Å². The molecule has 0 aliphatic carbocycles. The molecule has 1 fully saturated rings. The van der Waals surface area contributed by atoms with Crippen LogP contribution in [0.15, 0.2) is 59.6 Å². The van der Waals surface area contributed by atoms with Crippen molar-refractivity contribution in [1.82, 2.24) is 4.98 Å². The molecule has 0 spiro atoms. The third-order valence-corrected chi connectivity index (χ3v) is 7.15. The van der Waals surface area contributed by atoms with Gasteiger partial charge in [0.1, 0.15) is 23.4 Å². The number of carbonyl (C=O) groups is 2. The van der Waals surface area contributed by atoms with Crippen molar-refractivity contribution in [3.8, 4) is 11.5 Å². The molecule has 2 aromatic carbocycles. The Morgan fingerprint density at radius 1 is 1.25 bits per heavy atom. The molecule has 0 bridgehead atoms. The molecule has 2 atom stereocenters. The van der Waals surface area contributed by atoms with Crippen LogP contribution in [0.5, 0.6) is 11.5 Å². The van der Waals surface area contributed by atoms with Crippen molar-refractivity contribution in [2.75, 3.05) is 11.5 Å². The van der Waals surface area contributed by atoms with Gasteiger partial charge in [0.05, 0.1) is 18.2 Å². The van der Waals surface area contributed by atoms with E-state index < -0.39 is 17.7 Å². The number of benzene rings is 2. The van der Waals surface area contributed by atoms with E-state index in [1.807, 2.05) is 37.3 Å². The first kappa shape index (κ1) is 24.1. The van der Waals surface area contributed by atoms with E-state index in [-0.39, 0.29) is 17.4 Å². The van der Waals surface area contributed by atoms with Crippen LogP contribution in [-0.4, -0.2) is 34.5 Å². The molecule has 3 aromatic rings. The lowest BCUT2D eigenvalue weighted by Crippen LogP contribution is -2.29. The Hall–Kier alpha value is -3.65. The minimum absolute atomic E-state index is 0.0291. The minimum Gasteiger partial charge on any atom is -0.507 e. The first-order valence-corrected chi connectivity index (χ1v) is 12.9. The largest absolute Gasteiger partial charge is 0.507 e. The van der Waals surface area contributed by atoms with Gasteiger partial charge in [-0.1, -0.05) is 26.0 Å². The molecule has 1 amide bonds. The average molecular weight is 505 g/mol. The van der Waals surface area contributed by atoms with E-state index in [2.05, 4.69) is 18.8 Å². The fourth-order valence-corrected chi connectivity index (χ4v) is 5.26. The predicted octanol–water partition coefficient (Wildman–Crippen LogP) is 5.52. The summed E-state index contributed by atoms with van der Waals surface area (Å²) in [4.78, 5) is 32.2. The lowest BCUT2D eigenvalue weighted by molar-refractivity contribution is -0.132. The maximum atomic E-state index is 13.3. The Bertz CT molecular complexity index is 1330. The summed E-state index contributed by atoms with van der Waals surface area (Å²) in [6.07, 6.45) is 3.25. The zero-order valence-corrected chi connectivity index (χ0v) is 21.2. The van der Waals surface area contributed by atoms with Gasteiger partial charge in [0, 0.05) is 23.6 Å². The van der Waals surface area contributed by atoms with Crippen LogP contribution in [0.2, 0.25) is 0 Å². The van der Waals surface area contributed by atoms with E-state index in [1.165, 1.54) is 16.2 Å². The number of fused-ring (bicyclic) bond motifs is 1. The molecule has 8 heteroatoms. The highest BCUT2D eigenvalue weighted by Gasteiger charge is 2.48. The highest BCUT2D eigenvalue weighted by molar-refractivity contribution is 7.14. The van der Waals surface area contributed by atoms with E-state index in [1.54, 1.807) is 23.7 Å². The lowest BCUT2D eigenvalue weighted by Gasteiger charge is -2.23. The second kappa shape index (κ2) is 9.78. The van der Waals surface area contributed by atoms with Crippen molar-refractivity contribution in [2.24, 2.45) is 5.92 Å². The Morgan fingerprint density at radius 3 is 2.83 bits per heavy atom. The molecule has 2 aliphatic rings. The second-order valence-electron chi connectivity index (χ2n) is 9.54. The van der Waals surface area contributed by atoms with Crippen LogP contribution in [0.3, 0.4) is 0 Å². The number of nitrogens with zero attached hydrogens (tertiary/aromatic N) is 2. The number of ether oxygens (including phenoxy) is 2. The van der Waals surface area contributed by atoms with Gasteiger partial charge in [-0.15, -0.1) is 11.3 Å². The molecule has 2 aliphatic heterocycles. The first-order chi connectivity index (χ1) is 17.3. The highest BCUT2D eigenvalue weighted by atomic mass is 32.1. The van der Waals surface area contributed by atoms with Gasteiger partial charge in [-0.2, -0.15) is 0 Å². The first-order valence-electron chi connectivity index (χ1n) is 12.1. The number of ketones is 1. The average Bonchev–Trinajstić information content (AvgIpc) is 3.56. The smallest absolute Gasteiger partial charge is 0.301 e. The van der Waals surface area contributed by atoms with Crippen LogP contribution in [0, 0.1) is 5.92 Å². The van der Waals surface area contributed by atoms with Gasteiger partial charge in [0.15, 0.2) is 5.13 Å². The molecule has 0 unspecified atom stereocenters. The third kappa shape index (κ3) is 4.48. The van der Waals surface area contributed by atoms with Gasteiger partial charge in [-0.3, -0.25) is 14.5 Å². The molecular weight excluding hydrogens is 476 g/mol. The van der Waals surface area contributed by atoms with E-state index in [9.17, 15) is 14.7 Å². The normalized spacial score (nSPS) is 20.6. The summed E-state index contributed by atoms with van der Waals surface area (Å²) in [7, 11) is 0. The van der Waals surface area contributed by atoms with Gasteiger partial charge in [-0.25, -0.2) is 4.98 Å². The molecule has 1 N–H and O–H groups in total. The van der Waals surface area contributed by atoms with E-state index >= 15 is 0 Å². The summed E-state index contributed by atoms with van der Waals surface area (Å²) in [5.41, 5.74) is 2.11. The van der Waals surface area contributed by atoms with Gasteiger partial charge >= 0.3 is 5.91 Å². The molecule has 7 nitrogen and oxygen atoms in total. The third-order valence-electron chi connectivity index (χ3n) is 6.38. The lowest BCUT2D eigenvalue weighted by atomic mass is 9.94. The van der Waals surface area contributed by atoms with Crippen LogP contribution in [0.4, 0.5) is 5.13 Å². The monoisotopic (exact) mass is 504 g/mol. The van der Waals surface area contributed by atoms with Gasteiger partial charge < -0.3 is 14.6 Å². The van der Waals surface area contributed by atoms with Crippen molar-refractivity contribution in [2.45, 2.75) is 45.8 Å². The zero-order chi connectivity index (χ0) is 25.4. The molecule has 36 heavy (non-hydrogen) atoms. The molecule has 1 saturated heterocycles. The van der Waals surface area contributed by atoms with E-state index in [4.69, 9.17) is 9.47 Å². The number of hydrogen-bond donors (Lipinski definition) is 1. The van der Waals surface area contributed by atoms with Gasteiger partial charge in [-0.05, 0) is 60.7 Å². The fourth-order valence-electron chi connectivity index (χ4n) is 4.59. The van der Waals surface area contributed by atoms with Crippen molar-refractivity contribution in [1.29, 1.82) is 0 Å². The molecule has 0 saturated carbocycles. The van der Waals surface area contributed by atoms with Crippen LogP contribution in [0.1, 0.15) is 49.9 Å². The summed E-state index contributed by atoms with van der Waals surface area (Å²) in [5.74, 6) is 0.230. The van der Waals surface area contributed by atoms with Crippen molar-refractivity contribution in [3.05, 3.63) is 76.3 Å². The molecule has 5 rings (SSSR count). The predicted molar refractivity (Wildman–Crippen MR) is 139 cm³/mol. The minimum atomic E-state index is -0.840. The highest BCUT2D eigenvalue weighted by Crippen LogP contribution is 2.44. The van der Waals surface area contributed by atoms with Crippen LogP contribution >= 0.6 is 11.3 Å².